The summed E-state index contributed by atoms with van der Waals surface area (Å²) in [5, 5.41) is 20.6. The van der Waals surface area contributed by atoms with Gasteiger partial charge in [-0.15, -0.1) is 0 Å². The summed E-state index contributed by atoms with van der Waals surface area (Å²) < 4.78 is 42.3. The Kier molecular flexibility index (Phi) is 81.2. The van der Waals surface area contributed by atoms with Crippen molar-refractivity contribution in [3.63, 3.8) is 0 Å². The van der Waals surface area contributed by atoms with Crippen molar-refractivity contribution in [2.45, 2.75) is 400 Å². The minimum atomic E-state index is -0.955. The second-order valence-corrected chi connectivity index (χ2v) is 30.5. The van der Waals surface area contributed by atoms with Gasteiger partial charge in [0, 0.05) is 33.0 Å². The average molecular weight is 1490 g/mol. The molecule has 0 saturated carbocycles. The molecule has 618 valence electrons. The Morgan fingerprint density at radius 1 is 0.333 bits per heavy atom. The van der Waals surface area contributed by atoms with Crippen molar-refractivity contribution < 1.29 is 57.8 Å². The minimum absolute atomic E-state index is 0.140. The van der Waals surface area contributed by atoms with E-state index in [0.717, 1.165) is 199 Å². The van der Waals surface area contributed by atoms with Crippen molar-refractivity contribution in [3.05, 3.63) is 48.6 Å². The van der Waals surface area contributed by atoms with E-state index in [4.69, 9.17) is 33.2 Å². The second-order valence-electron chi connectivity index (χ2n) is 30.5. The summed E-state index contributed by atoms with van der Waals surface area (Å²) in [4.78, 5) is 45.8. The van der Waals surface area contributed by atoms with Gasteiger partial charge in [-0.05, 0) is 181 Å². The molecule has 0 spiro atoms. The SMILES string of the molecule is CCCCC/C=C/C/C=C/CCCCCCCCC(CCCCCCCC/C=C/C/C=C/CCCCC)OC(=O)C(CCCCN(CCCCCCOC(=O)C(COCCCCCC)COCCCCCC)CCCCCCOC(=O)C(COCCCCCC)COCCCCCC)N(C)CC(O)CO. The first kappa shape index (κ1) is 102. The topological polar surface area (TPSA) is 163 Å². The third-order valence-corrected chi connectivity index (χ3v) is 20.2. The molecule has 2 unspecified atom stereocenters. The van der Waals surface area contributed by atoms with Gasteiger partial charge in [0.2, 0.25) is 0 Å². The van der Waals surface area contributed by atoms with E-state index in [1.54, 1.807) is 0 Å². The van der Waals surface area contributed by atoms with Crippen LogP contribution in [0.1, 0.15) is 382 Å². The fourth-order valence-corrected chi connectivity index (χ4v) is 13.2. The molecule has 0 aromatic rings. The number of hydrogen-bond donors (Lipinski definition) is 2. The van der Waals surface area contributed by atoms with Gasteiger partial charge in [-0.2, -0.15) is 0 Å². The van der Waals surface area contributed by atoms with E-state index < -0.39 is 24.0 Å². The number of hydrogen-bond acceptors (Lipinski definition) is 14. The lowest BCUT2D eigenvalue weighted by Gasteiger charge is -2.30. The van der Waals surface area contributed by atoms with Gasteiger partial charge in [-0.3, -0.25) is 19.3 Å². The van der Waals surface area contributed by atoms with Gasteiger partial charge < -0.3 is 48.3 Å². The maximum atomic E-state index is 14.6. The maximum absolute atomic E-state index is 14.6. The molecule has 0 radical (unpaired) electrons. The molecule has 0 bridgehead atoms. The van der Waals surface area contributed by atoms with Gasteiger partial charge >= 0.3 is 17.9 Å². The standard InChI is InChI=1S/C91H172N2O12/c1-8-14-20-26-28-30-32-34-36-38-40-42-44-46-48-54-66-87(67-55-49-47-45-43-41-39-37-35-33-31-29-27-21-15-9-2)105-91(98)88(92(7)78-86(95)79-94)68-56-59-71-93(69-57-50-52-64-76-103-89(96)84(80-99-72-60-22-16-10-3)81-100-73-61-23-17-11-4)70-58-51-53-65-77-104-90(97)85(82-101-74-62-24-18-12-5)83-102-75-63-25-19-13-6/h28-31,34-37,84-88,94-95H,8-27,32-33,38-83H2,1-7H3/b30-28+,31-29+,36-34+,37-35+. The van der Waals surface area contributed by atoms with Crippen LogP contribution in [0.15, 0.2) is 48.6 Å². The molecule has 14 nitrogen and oxygen atoms in total. The predicted octanol–water partition coefficient (Wildman–Crippen LogP) is 23.3. The molecule has 0 saturated heterocycles. The number of nitrogens with zero attached hydrogens (tertiary/aromatic N) is 2. The fraction of sp³-hybridized carbons (Fsp3) is 0.879. The summed E-state index contributed by atoms with van der Waals surface area (Å²) in [7, 11) is 1.89. The Balaban J connectivity index is 6.03. The molecule has 0 aromatic heterocycles. The van der Waals surface area contributed by atoms with Crippen LogP contribution >= 0.6 is 0 Å². The molecule has 0 amide bonds. The molecule has 0 aliphatic heterocycles. The zero-order valence-electron chi connectivity index (χ0n) is 70.0. The Hall–Kier alpha value is -2.95. The number of likely N-dealkylation sites (N-methyl/N-ethyl adjacent to an activating group) is 1. The number of unbranched alkanes of at least 4 members (excludes halogenated alkanes) is 37. The van der Waals surface area contributed by atoms with Crippen molar-refractivity contribution in [1.82, 2.24) is 9.80 Å². The monoisotopic (exact) mass is 1490 g/mol. The number of carbonyl (C=O) groups is 3. The van der Waals surface area contributed by atoms with Crippen molar-refractivity contribution in [2.75, 3.05) is 106 Å². The zero-order chi connectivity index (χ0) is 76.5. The normalized spacial score (nSPS) is 12.8. The third-order valence-electron chi connectivity index (χ3n) is 20.2. The van der Waals surface area contributed by atoms with Gasteiger partial charge in [0.05, 0.1) is 52.4 Å². The summed E-state index contributed by atoms with van der Waals surface area (Å²) in [5.74, 6) is -1.49. The van der Waals surface area contributed by atoms with Gasteiger partial charge in [-0.1, -0.05) is 276 Å². The van der Waals surface area contributed by atoms with Crippen LogP contribution in [0.25, 0.3) is 0 Å². The lowest BCUT2D eigenvalue weighted by Crippen LogP contribution is -2.45. The van der Waals surface area contributed by atoms with Gasteiger partial charge in [0.1, 0.15) is 24.0 Å². The molecular weight excluding hydrogens is 1310 g/mol. The minimum Gasteiger partial charge on any atom is -0.465 e. The summed E-state index contributed by atoms with van der Waals surface area (Å²) >= 11 is 0. The molecular formula is C91H172N2O12. The summed E-state index contributed by atoms with van der Waals surface area (Å²) in [6, 6.07) is -0.528. The van der Waals surface area contributed by atoms with E-state index in [2.05, 4.69) is 95.1 Å². The number of aliphatic hydroxyl groups is 2. The molecule has 0 fully saturated rings. The van der Waals surface area contributed by atoms with Gasteiger partial charge in [0.15, 0.2) is 0 Å². The van der Waals surface area contributed by atoms with Crippen molar-refractivity contribution in [3.8, 4) is 0 Å². The van der Waals surface area contributed by atoms with Crippen LogP contribution < -0.4 is 0 Å². The molecule has 105 heavy (non-hydrogen) atoms. The van der Waals surface area contributed by atoms with Crippen LogP contribution in [0.2, 0.25) is 0 Å². The van der Waals surface area contributed by atoms with Gasteiger partial charge in [0.25, 0.3) is 0 Å². The van der Waals surface area contributed by atoms with Crippen molar-refractivity contribution in [1.29, 1.82) is 0 Å². The molecule has 2 atom stereocenters. The predicted molar refractivity (Wildman–Crippen MR) is 443 cm³/mol. The number of allylic oxidation sites excluding steroid dienone is 8. The van der Waals surface area contributed by atoms with E-state index in [1.165, 1.54) is 154 Å². The van der Waals surface area contributed by atoms with Crippen LogP contribution in [0.4, 0.5) is 0 Å². The van der Waals surface area contributed by atoms with Gasteiger partial charge in [-0.25, -0.2) is 0 Å². The highest BCUT2D eigenvalue weighted by molar-refractivity contribution is 5.76. The Morgan fingerprint density at radius 2 is 0.619 bits per heavy atom. The lowest BCUT2D eigenvalue weighted by atomic mass is 10.0. The smallest absolute Gasteiger partial charge is 0.323 e. The maximum Gasteiger partial charge on any atom is 0.323 e. The number of esters is 3. The molecule has 14 heteroatoms. The average Bonchev–Trinajstić information content (AvgIpc) is 0.883. The lowest BCUT2D eigenvalue weighted by molar-refractivity contribution is -0.157. The first-order chi connectivity index (χ1) is 51.6. The van der Waals surface area contributed by atoms with E-state index in [0.29, 0.717) is 72.5 Å². The molecule has 2 N–H and O–H groups in total. The van der Waals surface area contributed by atoms with Crippen LogP contribution in [0, 0.1) is 11.8 Å². The van der Waals surface area contributed by atoms with Crippen LogP contribution in [-0.4, -0.2) is 162 Å². The molecule has 0 rings (SSSR count). The summed E-state index contributed by atoms with van der Waals surface area (Å²) in [5.41, 5.74) is 0. The summed E-state index contributed by atoms with van der Waals surface area (Å²) in [6.45, 7) is 20.7. The zero-order valence-corrected chi connectivity index (χ0v) is 70.0. The fourth-order valence-electron chi connectivity index (χ4n) is 13.2. The number of ether oxygens (including phenoxy) is 7. The Morgan fingerprint density at radius 3 is 0.981 bits per heavy atom. The van der Waals surface area contributed by atoms with Crippen LogP contribution in [0.5, 0.6) is 0 Å². The van der Waals surface area contributed by atoms with E-state index >= 15 is 0 Å². The first-order valence-corrected chi connectivity index (χ1v) is 44.8. The third kappa shape index (κ3) is 71.1. The molecule has 0 aromatic carbocycles. The van der Waals surface area contributed by atoms with E-state index in [1.807, 2.05) is 11.9 Å². The highest BCUT2D eigenvalue weighted by Crippen LogP contribution is 2.22. The van der Waals surface area contributed by atoms with Crippen molar-refractivity contribution in [2.24, 2.45) is 11.8 Å². The highest BCUT2D eigenvalue weighted by atomic mass is 16.6. The Labute approximate surface area is 648 Å². The number of aliphatic hydroxyl groups excluding tert-OH is 2. The Bertz CT molecular complexity index is 1790. The quantitative estimate of drug-likeness (QED) is 0.0256. The largest absolute Gasteiger partial charge is 0.465 e. The number of carbonyl (C=O) groups excluding carboxylic acids is 3. The van der Waals surface area contributed by atoms with Crippen molar-refractivity contribution >= 4 is 17.9 Å². The number of rotatable bonds is 85. The van der Waals surface area contributed by atoms with Crippen LogP contribution in [0.3, 0.4) is 0 Å². The summed E-state index contributed by atoms with van der Waals surface area (Å²) in [6.07, 6.45) is 75.9. The van der Waals surface area contributed by atoms with Crippen LogP contribution in [-0.2, 0) is 47.5 Å². The molecule has 0 aliphatic rings. The molecule has 0 aliphatic carbocycles. The highest BCUT2D eigenvalue weighted by Gasteiger charge is 2.29. The molecule has 0 heterocycles. The first-order valence-electron chi connectivity index (χ1n) is 44.8. The second kappa shape index (κ2) is 83.5. The van der Waals surface area contributed by atoms with E-state index in [-0.39, 0.29) is 37.2 Å². The van der Waals surface area contributed by atoms with E-state index in [9.17, 15) is 24.6 Å².